The molecule has 0 aliphatic rings. The molecule has 3 rings (SSSR count). The number of carbonyl (C=O) groups is 1. The van der Waals surface area contributed by atoms with E-state index < -0.39 is 0 Å². The van der Waals surface area contributed by atoms with E-state index in [0.717, 1.165) is 22.4 Å². The molecule has 0 radical (unpaired) electrons. The largest absolute Gasteiger partial charge is 0.311 e. The van der Waals surface area contributed by atoms with Crippen molar-refractivity contribution in [3.63, 3.8) is 0 Å². The van der Waals surface area contributed by atoms with Crippen LogP contribution in [0.15, 0.2) is 42.7 Å². The highest BCUT2D eigenvalue weighted by atomic mass is 35.5. The highest BCUT2D eigenvalue weighted by Gasteiger charge is 2.13. The van der Waals surface area contributed by atoms with Crippen molar-refractivity contribution in [1.29, 1.82) is 0 Å². The zero-order chi connectivity index (χ0) is 17.8. The molecule has 0 saturated carbocycles. The molecule has 7 heteroatoms. The minimum atomic E-state index is -0.0981. The van der Waals surface area contributed by atoms with Crippen LogP contribution in [0.5, 0.6) is 0 Å². The average Bonchev–Trinajstić information content (AvgIpc) is 2.97. The molecule has 0 saturated heterocycles. The predicted octanol–water partition coefficient (Wildman–Crippen LogP) is 4.66. The Bertz CT molecular complexity index is 893. The lowest BCUT2D eigenvalue weighted by atomic mass is 10.1. The van der Waals surface area contributed by atoms with Crippen LogP contribution in [0.3, 0.4) is 0 Å². The van der Waals surface area contributed by atoms with Gasteiger partial charge in [0.15, 0.2) is 0 Å². The number of benzene rings is 1. The molecule has 25 heavy (non-hydrogen) atoms. The molecule has 1 aromatic carbocycles. The smallest absolute Gasteiger partial charge is 0.225 e. The third kappa shape index (κ3) is 4.18. The highest BCUT2D eigenvalue weighted by molar-refractivity contribution is 6.42. The van der Waals surface area contributed by atoms with Crippen LogP contribution in [0, 0.1) is 6.92 Å². The number of nitrogens with one attached hydrogen (secondary N) is 2. The van der Waals surface area contributed by atoms with Crippen LogP contribution in [0.2, 0.25) is 10.0 Å². The molecule has 2 heterocycles. The Morgan fingerprint density at radius 2 is 1.92 bits per heavy atom. The van der Waals surface area contributed by atoms with E-state index in [1.807, 2.05) is 25.1 Å². The van der Waals surface area contributed by atoms with Crippen molar-refractivity contribution < 1.29 is 4.79 Å². The fourth-order valence-corrected chi connectivity index (χ4v) is 2.79. The Morgan fingerprint density at radius 1 is 1.16 bits per heavy atom. The maximum absolute atomic E-state index is 12.2. The van der Waals surface area contributed by atoms with E-state index in [2.05, 4.69) is 20.5 Å². The molecule has 128 valence electrons. The third-order valence-corrected chi connectivity index (χ3v) is 4.59. The predicted molar refractivity (Wildman–Crippen MR) is 100.0 cm³/mol. The minimum absolute atomic E-state index is 0.0981. The van der Waals surface area contributed by atoms with Gasteiger partial charge in [-0.05, 0) is 43.2 Å². The van der Waals surface area contributed by atoms with Gasteiger partial charge in [0, 0.05) is 29.9 Å². The SMILES string of the molecule is Cc1c(-c2ccncc2)n[nH]c1NC(=O)CCc1ccc(Cl)c(Cl)c1. The second-order valence-corrected chi connectivity index (χ2v) is 6.42. The fourth-order valence-electron chi connectivity index (χ4n) is 2.47. The fraction of sp³-hybridized carbons (Fsp3) is 0.167. The number of carbonyl (C=O) groups excluding carboxylic acids is 1. The highest BCUT2D eigenvalue weighted by Crippen LogP contribution is 2.26. The monoisotopic (exact) mass is 374 g/mol. The molecule has 0 unspecified atom stereocenters. The number of aromatic amines is 1. The van der Waals surface area contributed by atoms with Gasteiger partial charge in [0.1, 0.15) is 5.82 Å². The maximum atomic E-state index is 12.2. The zero-order valence-electron chi connectivity index (χ0n) is 13.5. The number of aromatic nitrogens is 3. The van der Waals surface area contributed by atoms with Gasteiger partial charge in [-0.3, -0.25) is 14.9 Å². The van der Waals surface area contributed by atoms with E-state index in [0.29, 0.717) is 28.7 Å². The van der Waals surface area contributed by atoms with Gasteiger partial charge in [-0.1, -0.05) is 29.3 Å². The molecule has 0 fully saturated rings. The molecule has 0 atom stereocenters. The summed E-state index contributed by atoms with van der Waals surface area (Å²) in [6.07, 6.45) is 4.33. The quantitative estimate of drug-likeness (QED) is 0.682. The molecule has 0 spiro atoms. The summed E-state index contributed by atoms with van der Waals surface area (Å²) in [5, 5.41) is 11.0. The number of H-pyrrole nitrogens is 1. The van der Waals surface area contributed by atoms with Crippen LogP contribution in [-0.2, 0) is 11.2 Å². The van der Waals surface area contributed by atoms with Crippen molar-refractivity contribution >= 4 is 34.9 Å². The Labute approximate surface area is 155 Å². The molecule has 2 N–H and O–H groups in total. The first-order valence-corrected chi connectivity index (χ1v) is 8.49. The molecule has 0 bridgehead atoms. The van der Waals surface area contributed by atoms with Crippen LogP contribution in [0.4, 0.5) is 5.82 Å². The molecular weight excluding hydrogens is 359 g/mol. The second kappa shape index (κ2) is 7.68. The van der Waals surface area contributed by atoms with Crippen molar-refractivity contribution in [2.24, 2.45) is 0 Å². The topological polar surface area (TPSA) is 70.7 Å². The van der Waals surface area contributed by atoms with E-state index in [1.54, 1.807) is 24.5 Å². The van der Waals surface area contributed by atoms with Gasteiger partial charge < -0.3 is 5.32 Å². The van der Waals surface area contributed by atoms with E-state index in [4.69, 9.17) is 23.2 Å². The lowest BCUT2D eigenvalue weighted by molar-refractivity contribution is -0.116. The van der Waals surface area contributed by atoms with Crippen LogP contribution < -0.4 is 5.32 Å². The number of aryl methyl sites for hydroxylation is 1. The number of anilines is 1. The van der Waals surface area contributed by atoms with E-state index in [9.17, 15) is 4.79 Å². The molecule has 3 aromatic rings. The van der Waals surface area contributed by atoms with Crippen molar-refractivity contribution in [2.75, 3.05) is 5.32 Å². The Morgan fingerprint density at radius 3 is 2.64 bits per heavy atom. The summed E-state index contributed by atoms with van der Waals surface area (Å²) in [5.41, 5.74) is 3.58. The number of nitrogens with zero attached hydrogens (tertiary/aromatic N) is 2. The van der Waals surface area contributed by atoms with Crippen molar-refractivity contribution in [2.45, 2.75) is 19.8 Å². The first-order valence-electron chi connectivity index (χ1n) is 7.73. The van der Waals surface area contributed by atoms with E-state index >= 15 is 0 Å². The van der Waals surface area contributed by atoms with E-state index in [-0.39, 0.29) is 5.91 Å². The summed E-state index contributed by atoms with van der Waals surface area (Å²) in [7, 11) is 0. The summed E-state index contributed by atoms with van der Waals surface area (Å²) in [6, 6.07) is 9.12. The van der Waals surface area contributed by atoms with E-state index in [1.165, 1.54) is 0 Å². The number of halogens is 2. The van der Waals surface area contributed by atoms with Gasteiger partial charge >= 0.3 is 0 Å². The molecule has 1 amide bonds. The molecule has 2 aromatic heterocycles. The van der Waals surface area contributed by atoms with Crippen LogP contribution in [0.1, 0.15) is 17.5 Å². The summed E-state index contributed by atoms with van der Waals surface area (Å²) in [4.78, 5) is 16.2. The lowest BCUT2D eigenvalue weighted by Crippen LogP contribution is -2.13. The standard InChI is InChI=1S/C18H16Cl2N4O/c1-11-17(13-6-8-21-9-7-13)23-24-18(11)22-16(25)5-3-12-2-4-14(19)15(20)10-12/h2,4,6-10H,3,5H2,1H3,(H2,22,23,24,25). The summed E-state index contributed by atoms with van der Waals surface area (Å²) < 4.78 is 0. The van der Waals surface area contributed by atoms with Crippen molar-refractivity contribution in [3.05, 3.63) is 63.9 Å². The Hall–Kier alpha value is -2.37. The Kier molecular flexibility index (Phi) is 5.36. The first-order chi connectivity index (χ1) is 12.0. The van der Waals surface area contributed by atoms with Gasteiger partial charge in [0.2, 0.25) is 5.91 Å². The number of hydrogen-bond donors (Lipinski definition) is 2. The lowest BCUT2D eigenvalue weighted by Gasteiger charge is -2.05. The van der Waals surface area contributed by atoms with Gasteiger partial charge in [-0.2, -0.15) is 5.10 Å². The average molecular weight is 375 g/mol. The van der Waals surface area contributed by atoms with Crippen LogP contribution >= 0.6 is 23.2 Å². The van der Waals surface area contributed by atoms with Crippen LogP contribution in [-0.4, -0.2) is 21.1 Å². The minimum Gasteiger partial charge on any atom is -0.311 e. The van der Waals surface area contributed by atoms with Gasteiger partial charge in [-0.15, -0.1) is 0 Å². The zero-order valence-corrected chi connectivity index (χ0v) is 15.0. The van der Waals surface area contributed by atoms with Crippen LogP contribution in [0.25, 0.3) is 11.3 Å². The summed E-state index contributed by atoms with van der Waals surface area (Å²) in [5.74, 6) is 0.505. The number of amides is 1. The van der Waals surface area contributed by atoms with Gasteiger partial charge in [0.25, 0.3) is 0 Å². The molecular formula is C18H16Cl2N4O. The van der Waals surface area contributed by atoms with Crippen molar-refractivity contribution in [3.8, 4) is 11.3 Å². The Balaban J connectivity index is 1.63. The number of rotatable bonds is 5. The van der Waals surface area contributed by atoms with Gasteiger partial charge in [0.05, 0.1) is 15.7 Å². The summed E-state index contributed by atoms with van der Waals surface area (Å²) >= 11 is 11.9. The first kappa shape index (κ1) is 17.5. The molecule has 5 nitrogen and oxygen atoms in total. The van der Waals surface area contributed by atoms with Gasteiger partial charge in [-0.25, -0.2) is 0 Å². The maximum Gasteiger partial charge on any atom is 0.225 e. The normalized spacial score (nSPS) is 10.7. The van der Waals surface area contributed by atoms with Crippen molar-refractivity contribution in [1.82, 2.24) is 15.2 Å². The third-order valence-electron chi connectivity index (χ3n) is 3.85. The molecule has 0 aliphatic carbocycles. The number of pyridine rings is 1. The summed E-state index contributed by atoms with van der Waals surface area (Å²) in [6.45, 7) is 1.91. The molecule has 0 aliphatic heterocycles. The second-order valence-electron chi connectivity index (χ2n) is 5.60. The number of hydrogen-bond acceptors (Lipinski definition) is 3.